The number of nitrogens with zero attached hydrogens (tertiary/aromatic N) is 5. The van der Waals surface area contributed by atoms with Crippen molar-refractivity contribution >= 4 is 33.3 Å². The largest absolute Gasteiger partial charge is 0.350 e. The fraction of sp³-hybridized carbons (Fsp3) is 0. The Balaban J connectivity index is 1.59. The second kappa shape index (κ2) is 5.54. The third-order valence-electron chi connectivity index (χ3n) is 2.99. The molecule has 0 bridgehead atoms. The zero-order chi connectivity index (χ0) is 15.6. The van der Waals surface area contributed by atoms with Crippen LogP contribution < -0.4 is 5.32 Å². The van der Waals surface area contributed by atoms with Crippen LogP contribution in [-0.2, 0) is 0 Å². The molecule has 0 aliphatic rings. The molecular weight excluding hydrogens is 316 g/mol. The summed E-state index contributed by atoms with van der Waals surface area (Å²) in [5.74, 6) is 0.152. The molecule has 23 heavy (non-hydrogen) atoms. The highest BCUT2D eigenvalue weighted by Crippen LogP contribution is 2.24. The van der Waals surface area contributed by atoms with Crippen LogP contribution in [0.2, 0.25) is 0 Å². The van der Waals surface area contributed by atoms with Crippen LogP contribution in [0.5, 0.6) is 0 Å². The third kappa shape index (κ3) is 2.53. The topological polar surface area (TPSA) is 107 Å². The van der Waals surface area contributed by atoms with E-state index in [0.717, 1.165) is 0 Å². The van der Waals surface area contributed by atoms with Gasteiger partial charge in [-0.2, -0.15) is 0 Å². The minimum atomic E-state index is -0.435. The highest BCUT2D eigenvalue weighted by Gasteiger charge is 2.18. The van der Waals surface area contributed by atoms with Gasteiger partial charge in [-0.25, -0.2) is 9.97 Å². The molecule has 1 amide bonds. The van der Waals surface area contributed by atoms with E-state index in [1.54, 1.807) is 30.6 Å². The number of carbonyl (C=O) groups is 1. The lowest BCUT2D eigenvalue weighted by molar-refractivity contribution is 0.0990. The van der Waals surface area contributed by atoms with E-state index in [2.05, 4.69) is 30.6 Å². The Morgan fingerprint density at radius 2 is 1.91 bits per heavy atom. The molecule has 0 atom stereocenters. The fourth-order valence-corrected chi connectivity index (χ4v) is 2.67. The van der Waals surface area contributed by atoms with Gasteiger partial charge in [-0.3, -0.25) is 10.1 Å². The summed E-state index contributed by atoms with van der Waals surface area (Å²) in [6.45, 7) is 0. The molecule has 1 aromatic carbocycles. The number of anilines is 1. The first-order valence-electron chi connectivity index (χ1n) is 6.58. The summed E-state index contributed by atoms with van der Waals surface area (Å²) in [5.41, 5.74) is 0.619. The van der Waals surface area contributed by atoms with Gasteiger partial charge in [0.05, 0.1) is 5.39 Å². The average Bonchev–Trinajstić information content (AvgIpc) is 3.22. The lowest BCUT2D eigenvalue weighted by atomic mass is 10.2. The molecule has 0 unspecified atom stereocenters. The van der Waals surface area contributed by atoms with Crippen molar-refractivity contribution in [3.05, 3.63) is 48.5 Å². The van der Waals surface area contributed by atoms with Crippen molar-refractivity contribution in [3.8, 4) is 10.8 Å². The molecule has 4 rings (SSSR count). The van der Waals surface area contributed by atoms with Crippen LogP contribution in [0.25, 0.3) is 21.7 Å². The Labute approximate surface area is 133 Å². The molecule has 0 radical (unpaired) electrons. The maximum absolute atomic E-state index is 12.3. The normalized spacial score (nSPS) is 10.8. The minimum Gasteiger partial charge on any atom is -0.350 e. The van der Waals surface area contributed by atoms with Gasteiger partial charge in [0, 0.05) is 12.4 Å². The van der Waals surface area contributed by atoms with Gasteiger partial charge in [0.2, 0.25) is 10.9 Å². The van der Waals surface area contributed by atoms with Gasteiger partial charge in [-0.15, -0.1) is 10.2 Å². The predicted octanol–water partition coefficient (Wildman–Crippen LogP) is 2.39. The van der Waals surface area contributed by atoms with Crippen molar-refractivity contribution in [1.82, 2.24) is 25.3 Å². The number of aromatic nitrogens is 5. The molecule has 3 heterocycles. The van der Waals surface area contributed by atoms with E-state index in [0.29, 0.717) is 26.9 Å². The van der Waals surface area contributed by atoms with Crippen LogP contribution in [0, 0.1) is 0 Å². The number of nitrogens with one attached hydrogen (secondary N) is 1. The van der Waals surface area contributed by atoms with Crippen LogP contribution in [0.15, 0.2) is 47.2 Å². The van der Waals surface area contributed by atoms with Crippen molar-refractivity contribution in [3.63, 3.8) is 0 Å². The van der Waals surface area contributed by atoms with Gasteiger partial charge in [0.15, 0.2) is 10.8 Å². The van der Waals surface area contributed by atoms with Crippen LogP contribution in [0.1, 0.15) is 10.6 Å². The first kappa shape index (κ1) is 13.5. The first-order valence-corrected chi connectivity index (χ1v) is 7.39. The highest BCUT2D eigenvalue weighted by molar-refractivity contribution is 7.18. The molecule has 112 valence electrons. The average molecular weight is 324 g/mol. The van der Waals surface area contributed by atoms with Crippen molar-refractivity contribution in [2.75, 3.05) is 5.32 Å². The molecule has 0 spiro atoms. The molecule has 4 aromatic rings. The Morgan fingerprint density at radius 3 is 2.78 bits per heavy atom. The van der Waals surface area contributed by atoms with E-state index in [9.17, 15) is 4.79 Å². The smallest absolute Gasteiger partial charge is 0.296 e. The zero-order valence-electron chi connectivity index (χ0n) is 11.5. The molecule has 0 saturated carbocycles. The zero-order valence-corrected chi connectivity index (χ0v) is 12.3. The van der Waals surface area contributed by atoms with Crippen LogP contribution >= 0.6 is 11.3 Å². The Bertz CT molecular complexity index is 981. The molecule has 0 saturated heterocycles. The van der Waals surface area contributed by atoms with Crippen LogP contribution in [0.3, 0.4) is 0 Å². The standard InChI is InChI=1S/C14H8N6O2S/c21-12(10-8-4-1-2-5-9(8)20-22-10)17-14-19-18-13(23-14)11-15-6-3-7-16-11/h1-7H,(H,17,19,21). The van der Waals surface area contributed by atoms with E-state index in [1.807, 2.05) is 12.1 Å². The summed E-state index contributed by atoms with van der Waals surface area (Å²) in [4.78, 5) is 20.5. The van der Waals surface area contributed by atoms with Crippen molar-refractivity contribution in [2.45, 2.75) is 0 Å². The molecule has 0 aliphatic carbocycles. The second-order valence-corrected chi connectivity index (χ2v) is 5.45. The quantitative estimate of drug-likeness (QED) is 0.616. The van der Waals surface area contributed by atoms with Gasteiger partial charge in [0.25, 0.3) is 5.91 Å². The molecule has 1 N–H and O–H groups in total. The summed E-state index contributed by atoms with van der Waals surface area (Å²) in [5, 5.41) is 15.9. The van der Waals surface area contributed by atoms with E-state index >= 15 is 0 Å². The Kier molecular flexibility index (Phi) is 3.24. The Hall–Kier alpha value is -3.20. The van der Waals surface area contributed by atoms with Gasteiger partial charge in [-0.05, 0) is 18.2 Å². The number of benzene rings is 1. The van der Waals surface area contributed by atoms with Gasteiger partial charge >= 0.3 is 0 Å². The number of fused-ring (bicyclic) bond motifs is 1. The van der Waals surface area contributed by atoms with Gasteiger partial charge in [0.1, 0.15) is 5.52 Å². The third-order valence-corrected chi connectivity index (χ3v) is 3.83. The summed E-state index contributed by atoms with van der Waals surface area (Å²) in [7, 11) is 0. The van der Waals surface area contributed by atoms with Crippen molar-refractivity contribution in [2.24, 2.45) is 0 Å². The molecule has 9 heteroatoms. The molecule has 8 nitrogen and oxygen atoms in total. The Morgan fingerprint density at radius 1 is 1.09 bits per heavy atom. The minimum absolute atomic E-state index is 0.133. The lowest BCUT2D eigenvalue weighted by Crippen LogP contribution is -2.11. The fourth-order valence-electron chi connectivity index (χ4n) is 1.98. The van der Waals surface area contributed by atoms with Gasteiger partial charge in [-0.1, -0.05) is 28.6 Å². The number of carbonyl (C=O) groups excluding carboxylic acids is 1. The van der Waals surface area contributed by atoms with Crippen LogP contribution in [0.4, 0.5) is 5.13 Å². The van der Waals surface area contributed by atoms with Gasteiger partial charge < -0.3 is 4.52 Å². The lowest BCUT2D eigenvalue weighted by Gasteiger charge is -1.96. The summed E-state index contributed by atoms with van der Waals surface area (Å²) in [6.07, 6.45) is 3.23. The SMILES string of the molecule is O=C(Nc1nnc(-c2ncccn2)s1)c1onc2ccccc12. The van der Waals surface area contributed by atoms with E-state index in [4.69, 9.17) is 4.52 Å². The highest BCUT2D eigenvalue weighted by atomic mass is 32.1. The number of hydrogen-bond donors (Lipinski definition) is 1. The maximum Gasteiger partial charge on any atom is 0.296 e. The van der Waals surface area contributed by atoms with E-state index < -0.39 is 5.91 Å². The predicted molar refractivity (Wildman–Crippen MR) is 82.9 cm³/mol. The molecular formula is C14H8N6O2S. The maximum atomic E-state index is 12.3. The van der Waals surface area contributed by atoms with Crippen molar-refractivity contribution < 1.29 is 9.32 Å². The number of rotatable bonds is 3. The molecule has 3 aromatic heterocycles. The van der Waals surface area contributed by atoms with Crippen molar-refractivity contribution in [1.29, 1.82) is 0 Å². The number of hydrogen-bond acceptors (Lipinski definition) is 8. The first-order chi connectivity index (χ1) is 11.3. The summed E-state index contributed by atoms with van der Waals surface area (Å²) >= 11 is 1.18. The monoisotopic (exact) mass is 324 g/mol. The summed E-state index contributed by atoms with van der Waals surface area (Å²) < 4.78 is 5.11. The van der Waals surface area contributed by atoms with E-state index in [-0.39, 0.29) is 5.76 Å². The van der Waals surface area contributed by atoms with Crippen LogP contribution in [-0.4, -0.2) is 31.2 Å². The number of amides is 1. The molecule has 0 aliphatic heterocycles. The van der Waals surface area contributed by atoms with E-state index in [1.165, 1.54) is 11.3 Å². The summed E-state index contributed by atoms with van der Waals surface area (Å²) in [6, 6.07) is 8.88. The molecule has 0 fully saturated rings. The second-order valence-electron chi connectivity index (χ2n) is 4.47.